The lowest BCUT2D eigenvalue weighted by Crippen LogP contribution is -2.15. The van der Waals surface area contributed by atoms with Crippen molar-refractivity contribution in [2.45, 2.75) is 47.0 Å². The van der Waals surface area contributed by atoms with Gasteiger partial charge in [-0.25, -0.2) is 0 Å². The molecule has 0 aromatic carbocycles. The summed E-state index contributed by atoms with van der Waals surface area (Å²) in [6.07, 6.45) is 2.93. The highest BCUT2D eigenvalue weighted by Crippen LogP contribution is 2.49. The molecule has 2 aliphatic carbocycles. The number of aliphatic hydroxyl groups excluding tert-OH is 1. The van der Waals surface area contributed by atoms with Crippen molar-refractivity contribution in [3.8, 4) is 0 Å². The Kier molecular flexibility index (Phi) is 3.33. The van der Waals surface area contributed by atoms with Gasteiger partial charge in [0, 0.05) is 17.4 Å². The molecular formula is C15H24O2. The molecule has 2 nitrogen and oxygen atoms in total. The Bertz CT molecular complexity index is 352. The number of allylic oxidation sites excluding steroid dienone is 2. The molecule has 2 aliphatic rings. The molecular weight excluding hydrogens is 212 g/mol. The molecule has 2 unspecified atom stereocenters. The smallest absolute Gasteiger partial charge is 0.165 e. The first-order chi connectivity index (χ1) is 7.91. The Labute approximate surface area is 104 Å². The number of carbonyl (C=O) groups is 1. The van der Waals surface area contributed by atoms with Gasteiger partial charge in [0.25, 0.3) is 0 Å². The second kappa shape index (κ2) is 4.47. The molecule has 17 heavy (non-hydrogen) atoms. The molecule has 96 valence electrons. The van der Waals surface area contributed by atoms with Crippen LogP contribution in [-0.4, -0.2) is 10.9 Å². The minimum absolute atomic E-state index is 0.172. The highest BCUT2D eigenvalue weighted by Gasteiger charge is 2.46. The van der Waals surface area contributed by atoms with Gasteiger partial charge in [-0.2, -0.15) is 0 Å². The van der Waals surface area contributed by atoms with Gasteiger partial charge >= 0.3 is 0 Å². The largest absolute Gasteiger partial charge is 0.512 e. The third-order valence-electron chi connectivity index (χ3n) is 4.34. The van der Waals surface area contributed by atoms with E-state index < -0.39 is 0 Å². The average molecular weight is 236 g/mol. The van der Waals surface area contributed by atoms with Gasteiger partial charge in [-0.1, -0.05) is 27.7 Å². The van der Waals surface area contributed by atoms with Crippen LogP contribution in [0, 0.1) is 29.6 Å². The van der Waals surface area contributed by atoms with Gasteiger partial charge in [0.15, 0.2) is 5.78 Å². The van der Waals surface area contributed by atoms with Crippen LogP contribution in [0.15, 0.2) is 11.3 Å². The van der Waals surface area contributed by atoms with Crippen LogP contribution in [0.1, 0.15) is 47.0 Å². The maximum Gasteiger partial charge on any atom is 0.165 e. The Morgan fingerprint density at radius 2 is 1.88 bits per heavy atom. The third kappa shape index (κ3) is 2.14. The predicted octanol–water partition coefficient (Wildman–Crippen LogP) is 3.73. The first-order valence-corrected chi connectivity index (χ1v) is 6.89. The summed E-state index contributed by atoms with van der Waals surface area (Å²) in [6.45, 7) is 8.57. The van der Waals surface area contributed by atoms with E-state index in [0.717, 1.165) is 24.8 Å². The summed E-state index contributed by atoms with van der Waals surface area (Å²) in [6, 6.07) is 0. The molecule has 2 heteroatoms. The van der Waals surface area contributed by atoms with Crippen molar-refractivity contribution in [1.82, 2.24) is 0 Å². The van der Waals surface area contributed by atoms with E-state index in [1.807, 2.05) is 0 Å². The molecule has 0 radical (unpaired) electrons. The molecule has 0 spiro atoms. The standard InChI is InChI=1S/C15H24O2/c1-8(2)5-11-6-10-7-12(9(3)4)15(17)13(10)14(11)16/h8-12,17H,5-7H2,1-4H3/t10?,11-,12?/m0/s1. The number of hydrogen-bond donors (Lipinski definition) is 1. The van der Waals surface area contributed by atoms with Crippen LogP contribution in [0.3, 0.4) is 0 Å². The van der Waals surface area contributed by atoms with Gasteiger partial charge in [0.1, 0.15) is 5.76 Å². The number of carbonyl (C=O) groups excluding carboxylic acids is 1. The first-order valence-electron chi connectivity index (χ1n) is 6.89. The molecule has 0 heterocycles. The summed E-state index contributed by atoms with van der Waals surface area (Å²) in [7, 11) is 0. The van der Waals surface area contributed by atoms with Gasteiger partial charge in [0.2, 0.25) is 0 Å². The number of hydrogen-bond acceptors (Lipinski definition) is 2. The molecule has 0 saturated heterocycles. The lowest BCUT2D eigenvalue weighted by Gasteiger charge is -2.18. The predicted molar refractivity (Wildman–Crippen MR) is 68.7 cm³/mol. The minimum Gasteiger partial charge on any atom is -0.512 e. The fraction of sp³-hybridized carbons (Fsp3) is 0.800. The van der Waals surface area contributed by atoms with Crippen molar-refractivity contribution < 1.29 is 9.90 Å². The number of ketones is 1. The van der Waals surface area contributed by atoms with E-state index in [1.165, 1.54) is 0 Å². The molecule has 0 aromatic heterocycles. The number of fused-ring (bicyclic) bond motifs is 1. The molecule has 1 saturated carbocycles. The van der Waals surface area contributed by atoms with Crippen LogP contribution in [0.4, 0.5) is 0 Å². The van der Waals surface area contributed by atoms with Crippen LogP contribution >= 0.6 is 0 Å². The fourth-order valence-electron chi connectivity index (χ4n) is 3.52. The summed E-state index contributed by atoms with van der Waals surface area (Å²) in [5.74, 6) is 2.39. The van der Waals surface area contributed by atoms with E-state index in [9.17, 15) is 9.90 Å². The van der Waals surface area contributed by atoms with E-state index in [2.05, 4.69) is 27.7 Å². The summed E-state index contributed by atoms with van der Waals surface area (Å²) >= 11 is 0. The lowest BCUT2D eigenvalue weighted by molar-refractivity contribution is -0.118. The Morgan fingerprint density at radius 1 is 1.24 bits per heavy atom. The summed E-state index contributed by atoms with van der Waals surface area (Å²) < 4.78 is 0. The van der Waals surface area contributed by atoms with E-state index in [-0.39, 0.29) is 17.6 Å². The molecule has 0 amide bonds. The highest BCUT2D eigenvalue weighted by atomic mass is 16.3. The van der Waals surface area contributed by atoms with Crippen LogP contribution in [0.25, 0.3) is 0 Å². The SMILES string of the molecule is CC(C)C[C@H]1CC2CC(C(C)C)C(O)=C2C1=O. The zero-order valence-electron chi connectivity index (χ0n) is 11.4. The van der Waals surface area contributed by atoms with Crippen LogP contribution in [-0.2, 0) is 4.79 Å². The van der Waals surface area contributed by atoms with Gasteiger partial charge < -0.3 is 5.11 Å². The highest BCUT2D eigenvalue weighted by molar-refractivity contribution is 6.01. The Balaban J connectivity index is 2.18. The molecule has 0 aliphatic heterocycles. The number of Topliss-reactive ketones (excluding diaryl/α,β-unsaturated/α-hetero) is 1. The van der Waals surface area contributed by atoms with Gasteiger partial charge in [0.05, 0.1) is 0 Å². The maximum atomic E-state index is 12.3. The zero-order valence-corrected chi connectivity index (χ0v) is 11.4. The van der Waals surface area contributed by atoms with E-state index in [0.29, 0.717) is 23.5 Å². The summed E-state index contributed by atoms with van der Waals surface area (Å²) in [5.41, 5.74) is 0.786. The number of aliphatic hydroxyl groups is 1. The second-order valence-electron chi connectivity index (χ2n) is 6.51. The normalized spacial score (nSPS) is 33.1. The quantitative estimate of drug-likeness (QED) is 0.810. The summed E-state index contributed by atoms with van der Waals surface area (Å²) in [5, 5.41) is 10.2. The molecule has 0 bridgehead atoms. The zero-order chi connectivity index (χ0) is 12.7. The topological polar surface area (TPSA) is 37.3 Å². The van der Waals surface area contributed by atoms with Crippen molar-refractivity contribution in [2.24, 2.45) is 29.6 Å². The third-order valence-corrected chi connectivity index (χ3v) is 4.34. The van der Waals surface area contributed by atoms with Crippen molar-refractivity contribution >= 4 is 5.78 Å². The van der Waals surface area contributed by atoms with Gasteiger partial charge in [-0.3, -0.25) is 4.79 Å². The monoisotopic (exact) mass is 236 g/mol. The fourth-order valence-corrected chi connectivity index (χ4v) is 3.52. The molecule has 1 N–H and O–H groups in total. The van der Waals surface area contributed by atoms with Crippen molar-refractivity contribution in [1.29, 1.82) is 0 Å². The number of rotatable bonds is 3. The molecule has 0 aromatic rings. The lowest BCUT2D eigenvalue weighted by atomic mass is 9.88. The molecule has 3 atom stereocenters. The first kappa shape index (κ1) is 12.7. The van der Waals surface area contributed by atoms with Crippen LogP contribution < -0.4 is 0 Å². The summed E-state index contributed by atoms with van der Waals surface area (Å²) in [4.78, 5) is 12.3. The average Bonchev–Trinajstić information content (AvgIpc) is 2.67. The second-order valence-corrected chi connectivity index (χ2v) is 6.51. The van der Waals surface area contributed by atoms with Gasteiger partial charge in [-0.05, 0) is 37.0 Å². The molecule has 1 fully saturated rings. The van der Waals surface area contributed by atoms with E-state index >= 15 is 0 Å². The van der Waals surface area contributed by atoms with Crippen molar-refractivity contribution in [2.75, 3.05) is 0 Å². The maximum absolute atomic E-state index is 12.3. The van der Waals surface area contributed by atoms with Crippen molar-refractivity contribution in [3.05, 3.63) is 11.3 Å². The van der Waals surface area contributed by atoms with Crippen LogP contribution in [0.5, 0.6) is 0 Å². The van der Waals surface area contributed by atoms with Gasteiger partial charge in [-0.15, -0.1) is 0 Å². The Morgan fingerprint density at radius 3 is 2.35 bits per heavy atom. The van der Waals surface area contributed by atoms with Crippen LogP contribution in [0.2, 0.25) is 0 Å². The van der Waals surface area contributed by atoms with E-state index in [1.54, 1.807) is 0 Å². The Hall–Kier alpha value is -0.790. The minimum atomic E-state index is 0.172. The van der Waals surface area contributed by atoms with E-state index in [4.69, 9.17) is 0 Å². The molecule has 2 rings (SSSR count). The van der Waals surface area contributed by atoms with Crippen molar-refractivity contribution in [3.63, 3.8) is 0 Å².